The molecule has 0 heterocycles. The molecule has 0 bridgehead atoms. The Morgan fingerprint density at radius 1 is 1.10 bits per heavy atom. The number of ketones is 1. The fraction of sp³-hybridized carbons (Fsp3) is 0.273. The number of carbonyl (C=O) groups excluding carboxylic acids is 2. The molecule has 0 aliphatic heterocycles. The molecule has 0 unspecified atom stereocenters. The van der Waals surface area contributed by atoms with Crippen molar-refractivity contribution in [1.82, 2.24) is 0 Å². The summed E-state index contributed by atoms with van der Waals surface area (Å²) in [5.74, 6) is -1.12. The summed E-state index contributed by atoms with van der Waals surface area (Å²) < 4.78 is 75.9. The molecule has 110 valence electrons. The monoisotopic (exact) mass is 299 g/mol. The molecular formula is C11H7F6NO2. The van der Waals surface area contributed by atoms with Crippen LogP contribution in [0, 0.1) is 0 Å². The third-order valence-corrected chi connectivity index (χ3v) is 2.34. The van der Waals surface area contributed by atoms with E-state index in [0.29, 0.717) is 0 Å². The van der Waals surface area contributed by atoms with Crippen molar-refractivity contribution in [2.45, 2.75) is 19.3 Å². The van der Waals surface area contributed by atoms with Gasteiger partial charge in [0.25, 0.3) is 0 Å². The lowest BCUT2D eigenvalue weighted by atomic mass is 9.98. The summed E-state index contributed by atoms with van der Waals surface area (Å²) in [6, 6.07) is 0.118. The topological polar surface area (TPSA) is 46.2 Å². The number of rotatable bonds is 3. The molecule has 1 N–H and O–H groups in total. The Labute approximate surface area is 108 Å². The summed E-state index contributed by atoms with van der Waals surface area (Å²) in [6.07, 6.45) is -10.3. The van der Waals surface area contributed by atoms with Gasteiger partial charge in [0.2, 0.25) is 6.41 Å². The van der Waals surface area contributed by atoms with E-state index >= 15 is 0 Å². The van der Waals surface area contributed by atoms with E-state index in [0.717, 1.165) is 6.92 Å². The number of halogens is 6. The van der Waals surface area contributed by atoms with Crippen LogP contribution in [-0.4, -0.2) is 12.2 Å². The van der Waals surface area contributed by atoms with Crippen molar-refractivity contribution < 1.29 is 35.9 Å². The second-order valence-corrected chi connectivity index (χ2v) is 3.76. The number of hydrogen-bond donors (Lipinski definition) is 1. The SMILES string of the molecule is CC(=O)c1c(NC=O)cc(C(F)(F)F)cc1C(F)(F)F. The van der Waals surface area contributed by atoms with Crippen LogP contribution in [0.2, 0.25) is 0 Å². The first-order valence-corrected chi connectivity index (χ1v) is 5.02. The van der Waals surface area contributed by atoms with E-state index in [4.69, 9.17) is 0 Å². The molecular weight excluding hydrogens is 292 g/mol. The van der Waals surface area contributed by atoms with Crippen LogP contribution in [0.25, 0.3) is 0 Å². The Hall–Kier alpha value is -2.06. The highest BCUT2D eigenvalue weighted by Gasteiger charge is 2.40. The fourth-order valence-corrected chi connectivity index (χ4v) is 1.59. The van der Waals surface area contributed by atoms with Crippen LogP contribution in [0.5, 0.6) is 0 Å². The van der Waals surface area contributed by atoms with E-state index in [9.17, 15) is 35.9 Å². The molecule has 0 fully saturated rings. The van der Waals surface area contributed by atoms with Gasteiger partial charge in [0.05, 0.1) is 22.4 Å². The lowest BCUT2D eigenvalue weighted by Crippen LogP contribution is -2.18. The van der Waals surface area contributed by atoms with Gasteiger partial charge in [-0.2, -0.15) is 26.3 Å². The summed E-state index contributed by atoms with van der Waals surface area (Å²) in [6.45, 7) is 0.758. The molecule has 3 nitrogen and oxygen atoms in total. The smallest absolute Gasteiger partial charge is 0.328 e. The number of benzene rings is 1. The average Bonchev–Trinajstić information content (AvgIpc) is 2.25. The Kier molecular flexibility index (Phi) is 4.11. The second kappa shape index (κ2) is 5.14. The largest absolute Gasteiger partial charge is 0.417 e. The van der Waals surface area contributed by atoms with Gasteiger partial charge in [-0.25, -0.2) is 0 Å². The summed E-state index contributed by atoms with van der Waals surface area (Å²) in [5, 5.41) is 1.68. The predicted octanol–water partition coefficient (Wildman–Crippen LogP) is 3.50. The van der Waals surface area contributed by atoms with E-state index in [2.05, 4.69) is 0 Å². The molecule has 0 radical (unpaired) electrons. The minimum absolute atomic E-state index is 0.109. The summed E-state index contributed by atoms with van der Waals surface area (Å²) in [7, 11) is 0. The molecule has 9 heteroatoms. The van der Waals surface area contributed by atoms with Crippen LogP contribution in [0.1, 0.15) is 28.4 Å². The van der Waals surface area contributed by atoms with Crippen LogP contribution in [0.4, 0.5) is 32.0 Å². The van der Waals surface area contributed by atoms with Crippen molar-refractivity contribution in [3.05, 3.63) is 28.8 Å². The van der Waals surface area contributed by atoms with Gasteiger partial charge in [0, 0.05) is 0 Å². The van der Waals surface area contributed by atoms with Gasteiger partial charge in [0.1, 0.15) is 0 Å². The summed E-state index contributed by atoms with van der Waals surface area (Å²) in [4.78, 5) is 21.5. The Morgan fingerprint density at radius 2 is 1.65 bits per heavy atom. The molecule has 0 aliphatic rings. The molecule has 1 aromatic carbocycles. The lowest BCUT2D eigenvalue weighted by molar-refractivity contribution is -0.143. The number of alkyl halides is 6. The van der Waals surface area contributed by atoms with Gasteiger partial charge in [-0.05, 0) is 19.1 Å². The van der Waals surface area contributed by atoms with Crippen LogP contribution >= 0.6 is 0 Å². The molecule has 0 saturated carbocycles. The van der Waals surface area contributed by atoms with E-state index < -0.39 is 40.5 Å². The quantitative estimate of drug-likeness (QED) is 0.527. The Balaban J connectivity index is 3.73. The zero-order chi connectivity index (χ0) is 15.7. The van der Waals surface area contributed by atoms with Gasteiger partial charge in [-0.15, -0.1) is 0 Å². The first-order valence-electron chi connectivity index (χ1n) is 5.02. The van der Waals surface area contributed by atoms with Crippen molar-refractivity contribution >= 4 is 17.9 Å². The first-order chi connectivity index (χ1) is 8.98. The van der Waals surface area contributed by atoms with E-state index in [1.54, 1.807) is 5.32 Å². The third kappa shape index (κ3) is 3.28. The summed E-state index contributed by atoms with van der Waals surface area (Å²) >= 11 is 0. The molecule has 0 atom stereocenters. The molecule has 1 amide bonds. The molecule has 0 spiro atoms. The van der Waals surface area contributed by atoms with Crippen molar-refractivity contribution in [1.29, 1.82) is 0 Å². The van der Waals surface area contributed by atoms with Gasteiger partial charge in [-0.1, -0.05) is 0 Å². The van der Waals surface area contributed by atoms with Crippen LogP contribution in [-0.2, 0) is 17.1 Å². The van der Waals surface area contributed by atoms with Crippen molar-refractivity contribution in [2.24, 2.45) is 0 Å². The van der Waals surface area contributed by atoms with Crippen LogP contribution < -0.4 is 5.32 Å². The predicted molar refractivity (Wildman–Crippen MR) is 56.1 cm³/mol. The molecule has 0 aromatic heterocycles. The van der Waals surface area contributed by atoms with Crippen molar-refractivity contribution in [2.75, 3.05) is 5.32 Å². The Morgan fingerprint density at radius 3 is 2.00 bits per heavy atom. The maximum Gasteiger partial charge on any atom is 0.417 e. The van der Waals surface area contributed by atoms with Gasteiger partial charge in [-0.3, -0.25) is 9.59 Å². The molecule has 1 rings (SSSR count). The third-order valence-electron chi connectivity index (χ3n) is 2.34. The average molecular weight is 299 g/mol. The zero-order valence-corrected chi connectivity index (χ0v) is 9.82. The molecule has 0 aliphatic carbocycles. The number of hydrogen-bond acceptors (Lipinski definition) is 2. The Bertz CT molecular complexity index is 547. The maximum absolute atomic E-state index is 12.8. The number of nitrogens with one attached hydrogen (secondary N) is 1. The fourth-order valence-electron chi connectivity index (χ4n) is 1.59. The minimum atomic E-state index is -5.17. The molecule has 1 aromatic rings. The van der Waals surface area contributed by atoms with Crippen LogP contribution in [0.3, 0.4) is 0 Å². The number of anilines is 1. The number of amides is 1. The highest BCUT2D eigenvalue weighted by molar-refractivity contribution is 6.03. The van der Waals surface area contributed by atoms with Gasteiger partial charge >= 0.3 is 12.4 Å². The van der Waals surface area contributed by atoms with Gasteiger partial charge in [0.15, 0.2) is 5.78 Å². The normalized spacial score (nSPS) is 12.2. The zero-order valence-electron chi connectivity index (χ0n) is 9.82. The van der Waals surface area contributed by atoms with Gasteiger partial charge < -0.3 is 5.32 Å². The van der Waals surface area contributed by atoms with E-state index in [-0.39, 0.29) is 18.5 Å². The summed E-state index contributed by atoms with van der Waals surface area (Å²) in [5.41, 5.74) is -5.21. The second-order valence-electron chi connectivity index (χ2n) is 3.76. The van der Waals surface area contributed by atoms with Crippen LogP contribution in [0.15, 0.2) is 12.1 Å². The maximum atomic E-state index is 12.8. The lowest BCUT2D eigenvalue weighted by Gasteiger charge is -2.17. The van der Waals surface area contributed by atoms with Crippen molar-refractivity contribution in [3.63, 3.8) is 0 Å². The molecule has 20 heavy (non-hydrogen) atoms. The van der Waals surface area contributed by atoms with E-state index in [1.165, 1.54) is 0 Å². The minimum Gasteiger partial charge on any atom is -0.328 e. The number of carbonyl (C=O) groups is 2. The van der Waals surface area contributed by atoms with E-state index in [1.807, 2.05) is 0 Å². The highest BCUT2D eigenvalue weighted by atomic mass is 19.4. The first kappa shape index (κ1) is 16.0. The number of Topliss-reactive ketones (excluding diaryl/α,β-unsaturated/α-hetero) is 1. The standard InChI is InChI=1S/C11H7F6NO2/c1-5(20)9-7(11(15,16)17)2-6(10(12,13)14)3-8(9)18-4-19/h2-4H,1H3,(H,18,19). The molecule has 0 saturated heterocycles. The van der Waals surface area contributed by atoms with Crippen molar-refractivity contribution in [3.8, 4) is 0 Å². The highest BCUT2D eigenvalue weighted by Crippen LogP contribution is 2.40.